The van der Waals surface area contributed by atoms with Crippen LogP contribution in [0.3, 0.4) is 0 Å². The second kappa shape index (κ2) is 6.61. The highest BCUT2D eigenvalue weighted by atomic mass is 79.9. The highest BCUT2D eigenvalue weighted by Gasteiger charge is 2.25. The summed E-state index contributed by atoms with van der Waals surface area (Å²) >= 11 is 3.57. The highest BCUT2D eigenvalue weighted by molar-refractivity contribution is 9.09. The number of hydrogen-bond acceptors (Lipinski definition) is 1. The number of carbonyl (C=O) groups excluding carboxylic acids is 1. The van der Waals surface area contributed by atoms with E-state index in [0.717, 1.165) is 35.7 Å². The van der Waals surface area contributed by atoms with E-state index in [4.69, 9.17) is 0 Å². The van der Waals surface area contributed by atoms with Crippen molar-refractivity contribution < 1.29 is 4.79 Å². The Hall–Kier alpha value is -1.35. The zero-order valence-electron chi connectivity index (χ0n) is 12.1. The first-order chi connectivity index (χ1) is 10.3. The minimum Gasteiger partial charge on any atom is -0.335 e. The minimum absolute atomic E-state index is 0.173. The monoisotopic (exact) mass is 345 g/mol. The molecule has 1 heterocycles. The van der Waals surface area contributed by atoms with Crippen LogP contribution in [0.2, 0.25) is 0 Å². The summed E-state index contributed by atoms with van der Waals surface area (Å²) in [7, 11) is 0. The molecule has 2 aromatic carbocycles. The molecule has 3 rings (SSSR count). The summed E-state index contributed by atoms with van der Waals surface area (Å²) in [5, 5.41) is 3.18. The summed E-state index contributed by atoms with van der Waals surface area (Å²) in [5.74, 6) is 0.173. The number of fused-ring (bicyclic) bond motifs is 1. The van der Waals surface area contributed by atoms with Crippen molar-refractivity contribution in [3.05, 3.63) is 48.0 Å². The van der Waals surface area contributed by atoms with E-state index in [0.29, 0.717) is 6.04 Å². The molecule has 1 saturated heterocycles. The Balaban J connectivity index is 1.90. The molecule has 0 spiro atoms. The lowest BCUT2D eigenvalue weighted by Gasteiger charge is -2.29. The first-order valence-corrected chi connectivity index (χ1v) is 8.77. The molecule has 0 radical (unpaired) electrons. The van der Waals surface area contributed by atoms with Crippen LogP contribution in [0.15, 0.2) is 42.5 Å². The van der Waals surface area contributed by atoms with Crippen molar-refractivity contribution in [1.29, 1.82) is 0 Å². The smallest absolute Gasteiger partial charge is 0.254 e. The normalized spacial score (nSPS) is 19.5. The maximum Gasteiger partial charge on any atom is 0.254 e. The maximum atomic E-state index is 12.9. The standard InChI is InChI=1S/C18H20BrNO/c19-13-17-8-2-1-5-11-20(17)18(21)16-10-9-14-6-3-4-7-15(14)12-16/h3-4,6-7,9-10,12,17H,1-2,5,8,11,13H2. The molecule has 2 nitrogen and oxygen atoms in total. The average molecular weight is 346 g/mol. The summed E-state index contributed by atoms with van der Waals surface area (Å²) in [5.41, 5.74) is 0.807. The van der Waals surface area contributed by atoms with E-state index in [2.05, 4.69) is 33.0 Å². The predicted molar refractivity (Wildman–Crippen MR) is 91.0 cm³/mol. The van der Waals surface area contributed by atoms with Crippen molar-refractivity contribution in [1.82, 2.24) is 4.90 Å². The third-order valence-electron chi connectivity index (χ3n) is 4.31. The lowest BCUT2D eigenvalue weighted by molar-refractivity contribution is 0.0702. The zero-order chi connectivity index (χ0) is 14.7. The Bertz CT molecular complexity index is 640. The summed E-state index contributed by atoms with van der Waals surface area (Å²) in [4.78, 5) is 14.9. The Labute approximate surface area is 134 Å². The molecule has 1 aliphatic heterocycles. The number of nitrogens with zero attached hydrogens (tertiary/aromatic N) is 1. The van der Waals surface area contributed by atoms with Crippen LogP contribution in [-0.4, -0.2) is 28.7 Å². The molecule has 0 bridgehead atoms. The van der Waals surface area contributed by atoms with Crippen LogP contribution in [-0.2, 0) is 0 Å². The molecular weight excluding hydrogens is 326 g/mol. The predicted octanol–water partition coefficient (Wildman–Crippen LogP) is 4.62. The van der Waals surface area contributed by atoms with Crippen molar-refractivity contribution >= 4 is 32.6 Å². The van der Waals surface area contributed by atoms with Crippen molar-refractivity contribution in [3.63, 3.8) is 0 Å². The van der Waals surface area contributed by atoms with Crippen LogP contribution in [0.4, 0.5) is 0 Å². The lowest BCUT2D eigenvalue weighted by Crippen LogP contribution is -2.41. The Morgan fingerprint density at radius 1 is 1.10 bits per heavy atom. The second-order valence-corrected chi connectivity index (χ2v) is 6.37. The number of rotatable bonds is 2. The number of carbonyl (C=O) groups is 1. The van der Waals surface area contributed by atoms with Gasteiger partial charge in [-0.3, -0.25) is 4.79 Å². The molecule has 110 valence electrons. The first-order valence-electron chi connectivity index (χ1n) is 7.65. The van der Waals surface area contributed by atoms with E-state index >= 15 is 0 Å². The van der Waals surface area contributed by atoms with Crippen molar-refractivity contribution in [2.45, 2.75) is 31.7 Å². The molecule has 1 amide bonds. The van der Waals surface area contributed by atoms with E-state index in [9.17, 15) is 4.79 Å². The average Bonchev–Trinajstić information content (AvgIpc) is 2.79. The fourth-order valence-electron chi connectivity index (χ4n) is 3.09. The number of benzene rings is 2. The van der Waals surface area contributed by atoms with Crippen molar-refractivity contribution in [2.24, 2.45) is 0 Å². The quantitative estimate of drug-likeness (QED) is 0.727. The van der Waals surface area contributed by atoms with Crippen LogP contribution >= 0.6 is 15.9 Å². The molecule has 1 aliphatic rings. The molecule has 21 heavy (non-hydrogen) atoms. The molecule has 0 saturated carbocycles. The van der Waals surface area contributed by atoms with E-state index < -0.39 is 0 Å². The highest BCUT2D eigenvalue weighted by Crippen LogP contribution is 2.22. The van der Waals surface area contributed by atoms with Crippen LogP contribution in [0.25, 0.3) is 10.8 Å². The van der Waals surface area contributed by atoms with Gasteiger partial charge in [-0.05, 0) is 35.7 Å². The second-order valence-electron chi connectivity index (χ2n) is 5.72. The van der Waals surface area contributed by atoms with Crippen molar-refractivity contribution in [3.8, 4) is 0 Å². The first kappa shape index (κ1) is 14.6. The van der Waals surface area contributed by atoms with Gasteiger partial charge in [0.25, 0.3) is 5.91 Å². The van der Waals surface area contributed by atoms with Gasteiger partial charge in [-0.25, -0.2) is 0 Å². The number of amides is 1. The Morgan fingerprint density at radius 2 is 1.90 bits per heavy atom. The molecule has 0 aromatic heterocycles. The molecule has 0 N–H and O–H groups in total. The SMILES string of the molecule is O=C(c1ccc2ccccc2c1)N1CCCCCC1CBr. The Morgan fingerprint density at radius 3 is 2.71 bits per heavy atom. The summed E-state index contributed by atoms with van der Waals surface area (Å²) < 4.78 is 0. The van der Waals surface area contributed by atoms with E-state index in [-0.39, 0.29) is 5.91 Å². The molecule has 1 unspecified atom stereocenters. The molecule has 2 aromatic rings. The van der Waals surface area contributed by atoms with Gasteiger partial charge in [0.15, 0.2) is 0 Å². The van der Waals surface area contributed by atoms with Crippen molar-refractivity contribution in [2.75, 3.05) is 11.9 Å². The fourth-order valence-corrected chi connectivity index (χ4v) is 3.77. The number of likely N-dealkylation sites (tertiary alicyclic amines) is 1. The van der Waals surface area contributed by atoms with Gasteiger partial charge >= 0.3 is 0 Å². The van der Waals surface area contributed by atoms with Crippen LogP contribution in [0.1, 0.15) is 36.0 Å². The van der Waals surface area contributed by atoms with Gasteiger partial charge in [-0.2, -0.15) is 0 Å². The zero-order valence-corrected chi connectivity index (χ0v) is 13.7. The van der Waals surface area contributed by atoms with Gasteiger partial charge < -0.3 is 4.90 Å². The summed E-state index contributed by atoms with van der Waals surface area (Å²) in [6, 6.07) is 14.5. The number of alkyl halides is 1. The van der Waals surface area contributed by atoms with Gasteiger partial charge in [0, 0.05) is 23.5 Å². The topological polar surface area (TPSA) is 20.3 Å². The van der Waals surface area contributed by atoms with E-state index in [1.165, 1.54) is 18.2 Å². The maximum absolute atomic E-state index is 12.9. The van der Waals surface area contributed by atoms with E-state index in [1.54, 1.807) is 0 Å². The fraction of sp³-hybridized carbons (Fsp3) is 0.389. The van der Waals surface area contributed by atoms with E-state index in [1.807, 2.05) is 30.3 Å². The summed E-state index contributed by atoms with van der Waals surface area (Å²) in [6.07, 6.45) is 4.66. The minimum atomic E-state index is 0.173. The van der Waals surface area contributed by atoms with Gasteiger partial charge in [0.05, 0.1) is 0 Å². The Kier molecular flexibility index (Phi) is 4.59. The summed E-state index contributed by atoms with van der Waals surface area (Å²) in [6.45, 7) is 0.877. The number of halogens is 1. The molecule has 1 fully saturated rings. The molecule has 1 atom stereocenters. The molecule has 0 aliphatic carbocycles. The lowest BCUT2D eigenvalue weighted by atomic mass is 10.1. The van der Waals surface area contributed by atoms with Crippen LogP contribution in [0.5, 0.6) is 0 Å². The van der Waals surface area contributed by atoms with Gasteiger partial charge in [0.1, 0.15) is 0 Å². The molecule has 3 heteroatoms. The van der Waals surface area contributed by atoms with Crippen LogP contribution in [0, 0.1) is 0 Å². The largest absolute Gasteiger partial charge is 0.335 e. The van der Waals surface area contributed by atoms with Crippen LogP contribution < -0.4 is 0 Å². The third-order valence-corrected chi connectivity index (χ3v) is 5.06. The third kappa shape index (κ3) is 3.13. The molecular formula is C18H20BrNO. The van der Waals surface area contributed by atoms with Gasteiger partial charge in [-0.1, -0.05) is 59.1 Å². The van der Waals surface area contributed by atoms with Gasteiger partial charge in [0.2, 0.25) is 0 Å². The number of hydrogen-bond donors (Lipinski definition) is 0. The van der Waals surface area contributed by atoms with Gasteiger partial charge in [-0.15, -0.1) is 0 Å².